The third-order valence-corrected chi connectivity index (χ3v) is 1.59. The molecule has 0 rings (SSSR count). The molecule has 0 aliphatic heterocycles. The van der Waals surface area contributed by atoms with Crippen LogP contribution in [0.5, 0.6) is 0 Å². The Kier molecular flexibility index (Phi) is 5.28. The van der Waals surface area contributed by atoms with Gasteiger partial charge in [-0.3, -0.25) is 9.59 Å². The number of nitrogens with two attached hydrogens (primary N) is 1. The van der Waals surface area contributed by atoms with E-state index in [1.165, 1.54) is 0 Å². The van der Waals surface area contributed by atoms with E-state index in [-0.39, 0.29) is 12.2 Å². The van der Waals surface area contributed by atoms with Gasteiger partial charge in [0.25, 0.3) is 0 Å². The van der Waals surface area contributed by atoms with Crippen molar-refractivity contribution < 1.29 is 9.59 Å². The number of rotatable bonds is 6. The van der Waals surface area contributed by atoms with Gasteiger partial charge in [0.2, 0.25) is 5.91 Å². The van der Waals surface area contributed by atoms with Crippen molar-refractivity contribution in [1.29, 1.82) is 0 Å². The molecule has 0 bridgehead atoms. The largest absolute Gasteiger partial charge is 0.370 e. The number of hydrogen-bond donors (Lipinski definition) is 2. The molecule has 0 aromatic rings. The first-order chi connectivity index (χ1) is 5.61. The first kappa shape index (κ1) is 11.1. The van der Waals surface area contributed by atoms with Gasteiger partial charge in [0.1, 0.15) is 5.78 Å². The minimum Gasteiger partial charge on any atom is -0.370 e. The fourth-order valence-electron chi connectivity index (χ4n) is 0.994. The molecule has 0 aromatic heterocycles. The fraction of sp³-hybridized carbons (Fsp3) is 0.750. The molecule has 0 aliphatic carbocycles. The molecule has 1 amide bonds. The molecular weight excluding hydrogens is 156 g/mol. The minimum atomic E-state index is -0.442. The number of primary amides is 1. The first-order valence-electron chi connectivity index (χ1n) is 4.16. The van der Waals surface area contributed by atoms with Gasteiger partial charge < -0.3 is 11.1 Å². The zero-order valence-electron chi connectivity index (χ0n) is 7.59. The normalized spacial score (nSPS) is 12.5. The van der Waals surface area contributed by atoms with Crippen LogP contribution in [-0.4, -0.2) is 24.3 Å². The SMILES string of the molecule is CCNC(CC(N)=O)C(=O)CC. The molecule has 0 aliphatic rings. The Morgan fingerprint density at radius 2 is 2.00 bits per heavy atom. The summed E-state index contributed by atoms with van der Waals surface area (Å²) < 4.78 is 0. The van der Waals surface area contributed by atoms with Gasteiger partial charge >= 0.3 is 0 Å². The van der Waals surface area contributed by atoms with Crippen molar-refractivity contribution in [2.24, 2.45) is 5.73 Å². The summed E-state index contributed by atoms with van der Waals surface area (Å²) in [4.78, 5) is 21.7. The number of carbonyl (C=O) groups excluding carboxylic acids is 2. The van der Waals surface area contributed by atoms with E-state index in [1.54, 1.807) is 6.92 Å². The lowest BCUT2D eigenvalue weighted by molar-refractivity contribution is -0.125. The van der Waals surface area contributed by atoms with Crippen LogP contribution in [0.3, 0.4) is 0 Å². The van der Waals surface area contributed by atoms with E-state index in [2.05, 4.69) is 5.32 Å². The third-order valence-electron chi connectivity index (χ3n) is 1.59. The number of ketones is 1. The smallest absolute Gasteiger partial charge is 0.219 e. The molecule has 0 radical (unpaired) electrons. The number of nitrogens with one attached hydrogen (secondary N) is 1. The Morgan fingerprint density at radius 1 is 1.42 bits per heavy atom. The second-order valence-corrected chi connectivity index (χ2v) is 2.60. The van der Waals surface area contributed by atoms with E-state index in [0.29, 0.717) is 13.0 Å². The van der Waals surface area contributed by atoms with Crippen molar-refractivity contribution in [3.8, 4) is 0 Å². The standard InChI is InChI=1S/C8H16N2O2/c1-3-7(11)6(10-4-2)5-8(9)12/h6,10H,3-5H2,1-2H3,(H2,9,12). The minimum absolute atomic E-state index is 0.0376. The van der Waals surface area contributed by atoms with Gasteiger partial charge in [0.05, 0.1) is 6.04 Å². The Balaban J connectivity index is 4.02. The zero-order valence-corrected chi connectivity index (χ0v) is 7.59. The van der Waals surface area contributed by atoms with Crippen LogP contribution in [0.2, 0.25) is 0 Å². The van der Waals surface area contributed by atoms with Crippen LogP contribution in [-0.2, 0) is 9.59 Å². The molecule has 1 atom stereocenters. The second-order valence-electron chi connectivity index (χ2n) is 2.60. The molecular formula is C8H16N2O2. The molecule has 3 N–H and O–H groups in total. The Bertz CT molecular complexity index is 168. The fourth-order valence-corrected chi connectivity index (χ4v) is 0.994. The van der Waals surface area contributed by atoms with Crippen molar-refractivity contribution in [3.05, 3.63) is 0 Å². The predicted molar refractivity (Wildman–Crippen MR) is 46.6 cm³/mol. The van der Waals surface area contributed by atoms with Gasteiger partial charge in [0.15, 0.2) is 0 Å². The lowest BCUT2D eigenvalue weighted by Gasteiger charge is -2.13. The highest BCUT2D eigenvalue weighted by atomic mass is 16.1. The summed E-state index contributed by atoms with van der Waals surface area (Å²) in [6.07, 6.45) is 0.533. The topological polar surface area (TPSA) is 72.2 Å². The molecule has 0 spiro atoms. The Morgan fingerprint density at radius 3 is 2.33 bits per heavy atom. The molecule has 0 heterocycles. The van der Waals surface area contributed by atoms with Crippen molar-refractivity contribution in [2.75, 3.05) is 6.54 Å². The number of hydrogen-bond acceptors (Lipinski definition) is 3. The van der Waals surface area contributed by atoms with Crippen LogP contribution in [0, 0.1) is 0 Å². The summed E-state index contributed by atoms with van der Waals surface area (Å²) in [6, 6.07) is -0.391. The van der Waals surface area contributed by atoms with E-state index < -0.39 is 11.9 Å². The van der Waals surface area contributed by atoms with Crippen LogP contribution < -0.4 is 11.1 Å². The first-order valence-corrected chi connectivity index (χ1v) is 4.16. The number of amides is 1. The predicted octanol–water partition coefficient (Wildman–Crippen LogP) is -0.181. The van der Waals surface area contributed by atoms with E-state index in [9.17, 15) is 9.59 Å². The molecule has 1 unspecified atom stereocenters. The zero-order chi connectivity index (χ0) is 9.56. The summed E-state index contributed by atoms with van der Waals surface area (Å²) in [5.41, 5.74) is 4.98. The molecule has 0 fully saturated rings. The van der Waals surface area contributed by atoms with Crippen LogP contribution >= 0.6 is 0 Å². The van der Waals surface area contributed by atoms with E-state index in [0.717, 1.165) is 0 Å². The van der Waals surface area contributed by atoms with Crippen LogP contribution in [0.25, 0.3) is 0 Å². The second kappa shape index (κ2) is 5.71. The van der Waals surface area contributed by atoms with Gasteiger partial charge in [-0.15, -0.1) is 0 Å². The van der Waals surface area contributed by atoms with Gasteiger partial charge in [-0.05, 0) is 6.54 Å². The highest BCUT2D eigenvalue weighted by Crippen LogP contribution is 1.96. The lowest BCUT2D eigenvalue weighted by Crippen LogP contribution is -2.39. The van der Waals surface area contributed by atoms with Crippen molar-refractivity contribution in [2.45, 2.75) is 32.7 Å². The van der Waals surface area contributed by atoms with Gasteiger partial charge in [-0.25, -0.2) is 0 Å². The molecule has 0 saturated heterocycles. The molecule has 12 heavy (non-hydrogen) atoms. The molecule has 70 valence electrons. The maximum Gasteiger partial charge on any atom is 0.219 e. The van der Waals surface area contributed by atoms with Crippen molar-refractivity contribution in [3.63, 3.8) is 0 Å². The molecule has 0 saturated carbocycles. The monoisotopic (exact) mass is 172 g/mol. The van der Waals surface area contributed by atoms with Crippen LogP contribution in [0.1, 0.15) is 26.7 Å². The third kappa shape index (κ3) is 4.08. The summed E-state index contributed by atoms with van der Waals surface area (Å²) in [7, 11) is 0. The molecule has 0 aromatic carbocycles. The van der Waals surface area contributed by atoms with E-state index in [4.69, 9.17) is 5.73 Å². The number of likely N-dealkylation sites (N-methyl/N-ethyl adjacent to an activating group) is 1. The van der Waals surface area contributed by atoms with Crippen LogP contribution in [0.4, 0.5) is 0 Å². The highest BCUT2D eigenvalue weighted by molar-refractivity contribution is 5.88. The lowest BCUT2D eigenvalue weighted by atomic mass is 10.1. The Hall–Kier alpha value is -0.900. The van der Waals surface area contributed by atoms with Crippen LogP contribution in [0.15, 0.2) is 0 Å². The molecule has 4 nitrogen and oxygen atoms in total. The van der Waals surface area contributed by atoms with Crippen molar-refractivity contribution in [1.82, 2.24) is 5.32 Å². The van der Waals surface area contributed by atoms with Gasteiger partial charge in [-0.1, -0.05) is 13.8 Å². The summed E-state index contributed by atoms with van der Waals surface area (Å²) >= 11 is 0. The summed E-state index contributed by atoms with van der Waals surface area (Å²) in [5, 5.41) is 2.91. The maximum absolute atomic E-state index is 11.2. The van der Waals surface area contributed by atoms with E-state index >= 15 is 0 Å². The average molecular weight is 172 g/mol. The summed E-state index contributed by atoms with van der Waals surface area (Å²) in [5.74, 6) is -0.404. The quantitative estimate of drug-likeness (QED) is 0.583. The Labute approximate surface area is 72.5 Å². The number of Topliss-reactive ketones (excluding diaryl/α,β-unsaturated/α-hetero) is 1. The highest BCUT2D eigenvalue weighted by Gasteiger charge is 2.16. The van der Waals surface area contributed by atoms with Crippen molar-refractivity contribution >= 4 is 11.7 Å². The molecule has 4 heteroatoms. The number of carbonyl (C=O) groups is 2. The average Bonchev–Trinajstić information content (AvgIpc) is 2.01. The van der Waals surface area contributed by atoms with Gasteiger partial charge in [-0.2, -0.15) is 0 Å². The summed E-state index contributed by atoms with van der Waals surface area (Å²) in [6.45, 7) is 4.33. The maximum atomic E-state index is 11.2. The van der Waals surface area contributed by atoms with Gasteiger partial charge in [0, 0.05) is 12.8 Å². The van der Waals surface area contributed by atoms with E-state index in [1.807, 2.05) is 6.92 Å².